The molecule has 31 heavy (non-hydrogen) atoms. The van der Waals surface area contributed by atoms with Crippen LogP contribution in [-0.2, 0) is 11.2 Å². The van der Waals surface area contributed by atoms with E-state index in [0.717, 1.165) is 16.7 Å². The average Bonchev–Trinajstić information content (AvgIpc) is 3.28. The first-order valence-electron chi connectivity index (χ1n) is 10.8. The van der Waals surface area contributed by atoms with Gasteiger partial charge < -0.3 is 14.8 Å². The molecule has 0 bridgehead atoms. The quantitative estimate of drug-likeness (QED) is 0.692. The minimum absolute atomic E-state index is 0.111. The van der Waals surface area contributed by atoms with Crippen LogP contribution in [0, 0.1) is 12.8 Å². The predicted molar refractivity (Wildman–Crippen MR) is 121 cm³/mol. The van der Waals surface area contributed by atoms with Gasteiger partial charge in [0, 0.05) is 26.2 Å². The number of nitrogens with one attached hydrogen (secondary N) is 1. The summed E-state index contributed by atoms with van der Waals surface area (Å²) in [5.74, 6) is -0.290. The van der Waals surface area contributed by atoms with Crippen LogP contribution in [0.3, 0.4) is 0 Å². The van der Waals surface area contributed by atoms with Crippen molar-refractivity contribution in [1.29, 1.82) is 0 Å². The molecule has 0 spiro atoms. The van der Waals surface area contributed by atoms with Crippen LogP contribution >= 0.6 is 0 Å². The number of hydrogen-bond donors (Lipinski definition) is 1. The number of carbonyl (C=O) groups excluding carboxylic acids is 2. The molecule has 1 aliphatic heterocycles. The second kappa shape index (κ2) is 9.16. The van der Waals surface area contributed by atoms with E-state index in [2.05, 4.69) is 53.3 Å². The summed E-state index contributed by atoms with van der Waals surface area (Å²) in [7, 11) is 0. The number of likely N-dealkylation sites (N-methyl/N-ethyl adjacent to an activating group) is 1. The second-order valence-electron chi connectivity index (χ2n) is 8.06. The molecule has 1 aliphatic rings. The number of nitrogens with zero attached hydrogens (tertiary/aromatic N) is 3. The highest BCUT2D eigenvalue weighted by Crippen LogP contribution is 2.27. The van der Waals surface area contributed by atoms with Gasteiger partial charge in [0.05, 0.1) is 18.4 Å². The van der Waals surface area contributed by atoms with Crippen molar-refractivity contribution in [3.63, 3.8) is 0 Å². The molecule has 1 fully saturated rings. The molecule has 160 valence electrons. The fourth-order valence-corrected chi connectivity index (χ4v) is 4.22. The molecule has 6 heteroatoms. The first-order chi connectivity index (χ1) is 15.1. The molecule has 4 rings (SSSR count). The average molecular weight is 417 g/mol. The summed E-state index contributed by atoms with van der Waals surface area (Å²) in [5.41, 5.74) is 5.06. The molecule has 1 saturated heterocycles. The van der Waals surface area contributed by atoms with Crippen molar-refractivity contribution in [3.05, 3.63) is 77.9 Å². The van der Waals surface area contributed by atoms with E-state index >= 15 is 0 Å². The van der Waals surface area contributed by atoms with Gasteiger partial charge in [-0.2, -0.15) is 0 Å². The number of amides is 2. The fourth-order valence-electron chi connectivity index (χ4n) is 4.22. The van der Waals surface area contributed by atoms with Crippen LogP contribution < -0.4 is 0 Å². The molecule has 1 N–H and O–H groups in total. The molecule has 1 unspecified atom stereocenters. The summed E-state index contributed by atoms with van der Waals surface area (Å²) < 4.78 is 0. The van der Waals surface area contributed by atoms with Crippen LogP contribution in [-0.4, -0.2) is 57.8 Å². The van der Waals surface area contributed by atoms with Gasteiger partial charge in [-0.1, -0.05) is 54.1 Å². The number of rotatable bonds is 5. The fraction of sp³-hybridized carbons (Fsp3) is 0.320. The van der Waals surface area contributed by atoms with Crippen molar-refractivity contribution in [2.45, 2.75) is 20.3 Å². The van der Waals surface area contributed by atoms with Gasteiger partial charge in [0.25, 0.3) is 5.91 Å². The van der Waals surface area contributed by atoms with Crippen molar-refractivity contribution in [2.75, 3.05) is 26.2 Å². The number of hydrogen-bond acceptors (Lipinski definition) is 3. The monoisotopic (exact) mass is 416 g/mol. The molecule has 0 aliphatic carbocycles. The molecule has 0 radical (unpaired) electrons. The zero-order valence-electron chi connectivity index (χ0n) is 18.0. The minimum Gasteiger partial charge on any atom is -0.341 e. The maximum Gasteiger partial charge on any atom is 0.271 e. The SMILES string of the molecule is CCN1CCN(C(=O)c2cnc[nH]2)CC(Cc2ccccc2-c2ccc(C)cc2)C1=O. The van der Waals surface area contributed by atoms with E-state index in [1.165, 1.54) is 18.1 Å². The van der Waals surface area contributed by atoms with Gasteiger partial charge in [-0.15, -0.1) is 0 Å². The lowest BCUT2D eigenvalue weighted by Gasteiger charge is -2.24. The Hall–Kier alpha value is -3.41. The largest absolute Gasteiger partial charge is 0.341 e. The number of imidazole rings is 1. The van der Waals surface area contributed by atoms with Gasteiger partial charge in [0.2, 0.25) is 5.91 Å². The molecular weight excluding hydrogens is 388 g/mol. The first kappa shape index (κ1) is 20.8. The highest BCUT2D eigenvalue weighted by Gasteiger charge is 2.32. The van der Waals surface area contributed by atoms with Crippen LogP contribution in [0.2, 0.25) is 0 Å². The standard InChI is InChI=1S/C25H28N4O2/c1-3-28-12-13-29(25(31)23-15-26-17-27-23)16-21(24(28)30)14-20-6-4-5-7-22(20)19-10-8-18(2)9-11-19/h4-11,15,17,21H,3,12-14,16H2,1-2H3,(H,26,27). The lowest BCUT2D eigenvalue weighted by Crippen LogP contribution is -2.38. The minimum atomic E-state index is -0.291. The van der Waals surface area contributed by atoms with Crippen molar-refractivity contribution in [2.24, 2.45) is 5.92 Å². The third-order valence-electron chi connectivity index (χ3n) is 5.99. The van der Waals surface area contributed by atoms with Gasteiger partial charge in [0.1, 0.15) is 5.69 Å². The van der Waals surface area contributed by atoms with E-state index in [4.69, 9.17) is 0 Å². The molecular formula is C25H28N4O2. The van der Waals surface area contributed by atoms with Crippen LogP contribution in [0.1, 0.15) is 28.5 Å². The molecule has 2 heterocycles. The summed E-state index contributed by atoms with van der Waals surface area (Å²) in [6, 6.07) is 16.7. The molecule has 1 atom stereocenters. The van der Waals surface area contributed by atoms with Gasteiger partial charge in [0.15, 0.2) is 0 Å². The number of aromatic amines is 1. The maximum absolute atomic E-state index is 13.3. The van der Waals surface area contributed by atoms with E-state index in [1.54, 1.807) is 4.90 Å². The van der Waals surface area contributed by atoms with E-state index < -0.39 is 0 Å². The molecule has 6 nitrogen and oxygen atoms in total. The highest BCUT2D eigenvalue weighted by molar-refractivity contribution is 5.93. The third-order valence-corrected chi connectivity index (χ3v) is 5.99. The summed E-state index contributed by atoms with van der Waals surface area (Å²) in [5, 5.41) is 0. The van der Waals surface area contributed by atoms with Crippen molar-refractivity contribution in [1.82, 2.24) is 19.8 Å². The Kier molecular flexibility index (Phi) is 6.16. The van der Waals surface area contributed by atoms with Crippen molar-refractivity contribution in [3.8, 4) is 11.1 Å². The Bertz CT molecular complexity index is 1040. The van der Waals surface area contributed by atoms with E-state index in [1.807, 2.05) is 24.0 Å². The predicted octanol–water partition coefficient (Wildman–Crippen LogP) is 3.55. The molecule has 1 aromatic heterocycles. The Morgan fingerprint density at radius 2 is 1.90 bits per heavy atom. The van der Waals surface area contributed by atoms with Gasteiger partial charge in [-0.3, -0.25) is 9.59 Å². The summed E-state index contributed by atoms with van der Waals surface area (Å²) >= 11 is 0. The highest BCUT2D eigenvalue weighted by atomic mass is 16.2. The maximum atomic E-state index is 13.3. The topological polar surface area (TPSA) is 69.3 Å². The van der Waals surface area contributed by atoms with E-state index in [-0.39, 0.29) is 17.7 Å². The van der Waals surface area contributed by atoms with Crippen molar-refractivity contribution < 1.29 is 9.59 Å². The number of carbonyl (C=O) groups is 2. The van der Waals surface area contributed by atoms with Gasteiger partial charge in [-0.25, -0.2) is 4.98 Å². The Labute approximate surface area is 182 Å². The van der Waals surface area contributed by atoms with Crippen molar-refractivity contribution >= 4 is 11.8 Å². The lowest BCUT2D eigenvalue weighted by molar-refractivity contribution is -0.134. The zero-order valence-corrected chi connectivity index (χ0v) is 18.0. The Balaban J connectivity index is 1.63. The van der Waals surface area contributed by atoms with Gasteiger partial charge >= 0.3 is 0 Å². The Morgan fingerprint density at radius 1 is 1.13 bits per heavy atom. The number of H-pyrrole nitrogens is 1. The van der Waals surface area contributed by atoms with E-state index in [0.29, 0.717) is 38.3 Å². The second-order valence-corrected chi connectivity index (χ2v) is 8.06. The third kappa shape index (κ3) is 4.53. The molecule has 2 amide bonds. The number of aryl methyl sites for hydroxylation is 1. The van der Waals surface area contributed by atoms with Gasteiger partial charge in [-0.05, 0) is 37.0 Å². The first-order valence-corrected chi connectivity index (χ1v) is 10.8. The smallest absolute Gasteiger partial charge is 0.271 e. The molecule has 0 saturated carbocycles. The summed E-state index contributed by atoms with van der Waals surface area (Å²) in [6.45, 7) is 6.17. The molecule has 3 aromatic rings. The summed E-state index contributed by atoms with van der Waals surface area (Å²) in [6.07, 6.45) is 3.63. The van der Waals surface area contributed by atoms with E-state index in [9.17, 15) is 9.59 Å². The number of aromatic nitrogens is 2. The lowest BCUT2D eigenvalue weighted by atomic mass is 9.91. The summed E-state index contributed by atoms with van der Waals surface area (Å²) in [4.78, 5) is 36.7. The van der Waals surface area contributed by atoms with Crippen LogP contribution in [0.4, 0.5) is 0 Å². The number of benzene rings is 2. The van der Waals surface area contributed by atoms with Crippen LogP contribution in [0.5, 0.6) is 0 Å². The Morgan fingerprint density at radius 3 is 2.61 bits per heavy atom. The van der Waals surface area contributed by atoms with Crippen LogP contribution in [0.15, 0.2) is 61.1 Å². The normalized spacial score (nSPS) is 17.0. The zero-order chi connectivity index (χ0) is 21.8. The van der Waals surface area contributed by atoms with Crippen LogP contribution in [0.25, 0.3) is 11.1 Å². The molecule has 2 aromatic carbocycles.